The maximum atomic E-state index is 4.59. The van der Waals surface area contributed by atoms with Crippen molar-refractivity contribution in [2.45, 2.75) is 18.9 Å². The molecule has 0 unspecified atom stereocenters. The highest BCUT2D eigenvalue weighted by atomic mass is 79.9. The van der Waals surface area contributed by atoms with E-state index in [4.69, 9.17) is 0 Å². The number of benzene rings is 1. The maximum Gasteiger partial charge on any atom is 0.183 e. The van der Waals surface area contributed by atoms with E-state index in [1.165, 1.54) is 12.8 Å². The fourth-order valence-electron chi connectivity index (χ4n) is 1.52. The fourth-order valence-corrected chi connectivity index (χ4v) is 2.72. The van der Waals surface area contributed by atoms with E-state index in [0.29, 0.717) is 6.04 Å². The van der Waals surface area contributed by atoms with Crippen LogP contribution in [0.4, 0.5) is 5.13 Å². The number of thiazole rings is 1. The Morgan fingerprint density at radius 3 is 3.00 bits per heavy atom. The van der Waals surface area contributed by atoms with E-state index in [2.05, 4.69) is 43.7 Å². The van der Waals surface area contributed by atoms with Gasteiger partial charge in [-0.15, -0.1) is 11.3 Å². The Hall–Kier alpha value is -0.870. The van der Waals surface area contributed by atoms with Crippen LogP contribution in [0.2, 0.25) is 0 Å². The molecule has 0 spiro atoms. The second kappa shape index (κ2) is 4.18. The molecule has 1 fully saturated rings. The van der Waals surface area contributed by atoms with Crippen LogP contribution < -0.4 is 5.32 Å². The Bertz CT molecular complexity index is 505. The molecule has 4 heteroatoms. The van der Waals surface area contributed by atoms with Gasteiger partial charge in [0.05, 0.1) is 5.69 Å². The van der Waals surface area contributed by atoms with Gasteiger partial charge in [-0.2, -0.15) is 0 Å². The van der Waals surface area contributed by atoms with E-state index in [9.17, 15) is 0 Å². The van der Waals surface area contributed by atoms with Crippen LogP contribution in [0.5, 0.6) is 0 Å². The van der Waals surface area contributed by atoms with Crippen molar-refractivity contribution < 1.29 is 0 Å². The Kier molecular flexibility index (Phi) is 2.69. The van der Waals surface area contributed by atoms with Gasteiger partial charge < -0.3 is 5.32 Å². The summed E-state index contributed by atoms with van der Waals surface area (Å²) in [6.07, 6.45) is 2.57. The molecule has 1 aromatic heterocycles. The zero-order valence-electron chi connectivity index (χ0n) is 8.61. The Balaban J connectivity index is 1.85. The van der Waals surface area contributed by atoms with Gasteiger partial charge in [0, 0.05) is 21.5 Å². The van der Waals surface area contributed by atoms with E-state index in [1.807, 2.05) is 12.1 Å². The van der Waals surface area contributed by atoms with Crippen molar-refractivity contribution >= 4 is 32.4 Å². The van der Waals surface area contributed by atoms with Crippen LogP contribution in [0.25, 0.3) is 11.3 Å². The molecule has 0 bridgehead atoms. The van der Waals surface area contributed by atoms with Gasteiger partial charge in [-0.1, -0.05) is 28.1 Å². The number of hydrogen-bond acceptors (Lipinski definition) is 3. The lowest BCUT2D eigenvalue weighted by Gasteiger charge is -1.98. The van der Waals surface area contributed by atoms with Gasteiger partial charge in [0.2, 0.25) is 0 Å². The monoisotopic (exact) mass is 294 g/mol. The molecule has 82 valence electrons. The number of anilines is 1. The Morgan fingerprint density at radius 2 is 2.25 bits per heavy atom. The zero-order chi connectivity index (χ0) is 11.0. The molecule has 1 aliphatic rings. The normalized spacial score (nSPS) is 15.1. The van der Waals surface area contributed by atoms with Crippen molar-refractivity contribution in [2.24, 2.45) is 0 Å². The molecule has 0 radical (unpaired) electrons. The van der Waals surface area contributed by atoms with Crippen molar-refractivity contribution in [1.29, 1.82) is 0 Å². The molecule has 16 heavy (non-hydrogen) atoms. The third-order valence-corrected chi connectivity index (χ3v) is 3.80. The third kappa shape index (κ3) is 2.28. The largest absolute Gasteiger partial charge is 0.359 e. The second-order valence-corrected chi connectivity index (χ2v) is 5.74. The smallest absolute Gasteiger partial charge is 0.183 e. The molecule has 0 saturated heterocycles. The summed E-state index contributed by atoms with van der Waals surface area (Å²) in [6, 6.07) is 8.91. The maximum absolute atomic E-state index is 4.59. The molecule has 0 aliphatic heterocycles. The number of nitrogens with one attached hydrogen (secondary N) is 1. The van der Waals surface area contributed by atoms with Gasteiger partial charge in [-0.3, -0.25) is 0 Å². The average molecular weight is 295 g/mol. The summed E-state index contributed by atoms with van der Waals surface area (Å²) in [6.45, 7) is 0. The number of rotatable bonds is 3. The molecule has 2 aromatic rings. The van der Waals surface area contributed by atoms with Gasteiger partial charge in [-0.25, -0.2) is 4.98 Å². The summed E-state index contributed by atoms with van der Waals surface area (Å²) < 4.78 is 1.09. The van der Waals surface area contributed by atoms with Crippen molar-refractivity contribution in [2.75, 3.05) is 5.32 Å². The lowest BCUT2D eigenvalue weighted by atomic mass is 10.2. The molecular formula is C12H11BrN2S. The van der Waals surface area contributed by atoms with E-state index in [-0.39, 0.29) is 0 Å². The molecule has 1 heterocycles. The predicted molar refractivity (Wildman–Crippen MR) is 71.9 cm³/mol. The molecular weight excluding hydrogens is 284 g/mol. The first-order valence-electron chi connectivity index (χ1n) is 5.29. The van der Waals surface area contributed by atoms with Crippen molar-refractivity contribution in [3.63, 3.8) is 0 Å². The summed E-state index contributed by atoms with van der Waals surface area (Å²) in [5.41, 5.74) is 2.21. The van der Waals surface area contributed by atoms with E-state index >= 15 is 0 Å². The summed E-state index contributed by atoms with van der Waals surface area (Å²) >= 11 is 5.16. The SMILES string of the molecule is Brc1cccc(-c2csc(NC3CC3)n2)c1. The van der Waals surface area contributed by atoms with E-state index < -0.39 is 0 Å². The minimum atomic E-state index is 0.668. The highest BCUT2D eigenvalue weighted by Gasteiger charge is 2.22. The summed E-state index contributed by atoms with van der Waals surface area (Å²) in [4.78, 5) is 4.59. The minimum absolute atomic E-state index is 0.668. The number of nitrogens with zero attached hydrogens (tertiary/aromatic N) is 1. The fraction of sp³-hybridized carbons (Fsp3) is 0.250. The molecule has 1 aliphatic carbocycles. The quantitative estimate of drug-likeness (QED) is 0.920. The summed E-state index contributed by atoms with van der Waals surface area (Å²) in [7, 11) is 0. The first kappa shape index (κ1) is 10.3. The molecule has 1 N–H and O–H groups in total. The molecule has 0 amide bonds. The molecule has 2 nitrogen and oxygen atoms in total. The zero-order valence-corrected chi connectivity index (χ0v) is 11.0. The van der Waals surface area contributed by atoms with Crippen molar-refractivity contribution in [3.05, 3.63) is 34.1 Å². The summed E-state index contributed by atoms with van der Waals surface area (Å²) in [5, 5.41) is 6.56. The van der Waals surface area contributed by atoms with Crippen LogP contribution in [-0.2, 0) is 0 Å². The Labute approximate surface area is 107 Å². The molecule has 3 rings (SSSR count). The van der Waals surface area contributed by atoms with Crippen LogP contribution >= 0.6 is 27.3 Å². The number of halogens is 1. The molecule has 1 saturated carbocycles. The van der Waals surface area contributed by atoms with Crippen molar-refractivity contribution in [3.8, 4) is 11.3 Å². The van der Waals surface area contributed by atoms with E-state index in [0.717, 1.165) is 20.9 Å². The standard InChI is InChI=1S/C12H11BrN2S/c13-9-3-1-2-8(6-9)11-7-16-12(15-11)14-10-4-5-10/h1-3,6-7,10H,4-5H2,(H,14,15). The van der Waals surface area contributed by atoms with Crippen LogP contribution in [-0.4, -0.2) is 11.0 Å². The van der Waals surface area contributed by atoms with Gasteiger partial charge in [-0.05, 0) is 25.0 Å². The molecule has 1 aromatic carbocycles. The number of aromatic nitrogens is 1. The lowest BCUT2D eigenvalue weighted by molar-refractivity contribution is 1.14. The molecule has 0 atom stereocenters. The Morgan fingerprint density at radius 1 is 1.38 bits per heavy atom. The van der Waals surface area contributed by atoms with Gasteiger partial charge in [0.1, 0.15) is 0 Å². The average Bonchev–Trinajstić information content (AvgIpc) is 2.94. The predicted octanol–water partition coefficient (Wildman–Crippen LogP) is 4.15. The van der Waals surface area contributed by atoms with Crippen molar-refractivity contribution in [1.82, 2.24) is 4.98 Å². The topological polar surface area (TPSA) is 24.9 Å². The van der Waals surface area contributed by atoms with Crippen LogP contribution in [0.3, 0.4) is 0 Å². The van der Waals surface area contributed by atoms with Crippen LogP contribution in [0, 0.1) is 0 Å². The van der Waals surface area contributed by atoms with E-state index in [1.54, 1.807) is 11.3 Å². The van der Waals surface area contributed by atoms with Crippen LogP contribution in [0.15, 0.2) is 34.1 Å². The summed E-state index contributed by atoms with van der Waals surface area (Å²) in [5.74, 6) is 0. The van der Waals surface area contributed by atoms with Gasteiger partial charge >= 0.3 is 0 Å². The lowest BCUT2D eigenvalue weighted by Crippen LogP contribution is -1.99. The van der Waals surface area contributed by atoms with Crippen LogP contribution in [0.1, 0.15) is 12.8 Å². The minimum Gasteiger partial charge on any atom is -0.359 e. The first-order chi connectivity index (χ1) is 7.81. The third-order valence-electron chi connectivity index (χ3n) is 2.53. The number of hydrogen-bond donors (Lipinski definition) is 1. The van der Waals surface area contributed by atoms with Gasteiger partial charge in [0.25, 0.3) is 0 Å². The highest BCUT2D eigenvalue weighted by Crippen LogP contribution is 2.30. The second-order valence-electron chi connectivity index (χ2n) is 3.97. The highest BCUT2D eigenvalue weighted by molar-refractivity contribution is 9.10. The van der Waals surface area contributed by atoms with Gasteiger partial charge in [0.15, 0.2) is 5.13 Å². The first-order valence-corrected chi connectivity index (χ1v) is 6.96.